The molecule has 1 N–H and O–H groups in total. The van der Waals surface area contributed by atoms with E-state index in [1.807, 2.05) is 0 Å². The first-order valence-corrected chi connectivity index (χ1v) is 6.63. The fourth-order valence-corrected chi connectivity index (χ4v) is 1.80. The third kappa shape index (κ3) is 4.09. The molecule has 2 aromatic rings. The first-order valence-electron chi connectivity index (χ1n) is 5.84. The van der Waals surface area contributed by atoms with Crippen LogP contribution in [-0.4, -0.2) is 40.1 Å². The second-order valence-corrected chi connectivity index (χ2v) is 4.72. The largest absolute Gasteiger partial charge is 0.467 e. The second-order valence-electron chi connectivity index (χ2n) is 3.80. The topological polar surface area (TPSA) is 99.1 Å². The van der Waals surface area contributed by atoms with Gasteiger partial charge in [-0.1, -0.05) is 0 Å². The van der Waals surface area contributed by atoms with E-state index in [9.17, 15) is 4.79 Å². The van der Waals surface area contributed by atoms with E-state index in [1.165, 1.54) is 20.4 Å². The van der Waals surface area contributed by atoms with Gasteiger partial charge in [0.25, 0.3) is 5.91 Å². The molecule has 2 heterocycles. The van der Waals surface area contributed by atoms with Crippen molar-refractivity contribution in [1.82, 2.24) is 25.3 Å². The molecule has 110 valence electrons. The number of pyridine rings is 1. The fourth-order valence-electron chi connectivity index (χ4n) is 1.44. The number of rotatable bonds is 5. The lowest BCUT2D eigenvalue weighted by Gasteiger charge is -2.06. The summed E-state index contributed by atoms with van der Waals surface area (Å²) in [5.41, 5.74) is 0.428. The molecule has 0 aliphatic carbocycles. The van der Waals surface area contributed by atoms with Crippen LogP contribution in [0, 0.1) is 0 Å². The van der Waals surface area contributed by atoms with E-state index in [0.717, 1.165) is 4.47 Å². The SMILES string of the molecule is COc1nc(CNC(=O)c2cncc(Br)c2)nc(OC)n1. The number of nitrogens with zero attached hydrogens (tertiary/aromatic N) is 4. The van der Waals surface area contributed by atoms with Crippen molar-refractivity contribution in [2.24, 2.45) is 0 Å². The van der Waals surface area contributed by atoms with E-state index in [1.54, 1.807) is 12.3 Å². The number of ether oxygens (including phenoxy) is 2. The van der Waals surface area contributed by atoms with Gasteiger partial charge in [0.2, 0.25) is 0 Å². The molecule has 2 rings (SSSR count). The molecule has 0 atom stereocenters. The molecule has 0 radical (unpaired) electrons. The van der Waals surface area contributed by atoms with Crippen molar-refractivity contribution in [3.05, 3.63) is 34.3 Å². The Bertz CT molecular complexity index is 630. The van der Waals surface area contributed by atoms with Crippen LogP contribution in [0.3, 0.4) is 0 Å². The minimum Gasteiger partial charge on any atom is -0.467 e. The van der Waals surface area contributed by atoms with Gasteiger partial charge in [-0.15, -0.1) is 4.98 Å². The maximum absolute atomic E-state index is 12.0. The van der Waals surface area contributed by atoms with Gasteiger partial charge in [-0.05, 0) is 22.0 Å². The summed E-state index contributed by atoms with van der Waals surface area (Å²) < 4.78 is 10.6. The average molecular weight is 354 g/mol. The number of methoxy groups -OCH3 is 2. The van der Waals surface area contributed by atoms with Crippen molar-refractivity contribution in [2.45, 2.75) is 6.54 Å². The van der Waals surface area contributed by atoms with Crippen LogP contribution in [-0.2, 0) is 6.54 Å². The number of halogens is 1. The van der Waals surface area contributed by atoms with E-state index < -0.39 is 0 Å². The number of nitrogens with one attached hydrogen (secondary N) is 1. The average Bonchev–Trinajstić information content (AvgIpc) is 2.52. The molecule has 21 heavy (non-hydrogen) atoms. The minimum absolute atomic E-state index is 0.112. The van der Waals surface area contributed by atoms with Gasteiger partial charge in [-0.25, -0.2) is 0 Å². The van der Waals surface area contributed by atoms with Crippen LogP contribution in [0.25, 0.3) is 0 Å². The number of aromatic nitrogens is 4. The maximum atomic E-state index is 12.0. The van der Waals surface area contributed by atoms with Crippen molar-refractivity contribution in [3.63, 3.8) is 0 Å². The van der Waals surface area contributed by atoms with Crippen LogP contribution in [0.2, 0.25) is 0 Å². The number of hydrogen-bond donors (Lipinski definition) is 1. The Morgan fingerprint density at radius 2 is 1.86 bits per heavy atom. The predicted molar refractivity (Wildman–Crippen MR) is 76.0 cm³/mol. The number of amides is 1. The number of hydrogen-bond acceptors (Lipinski definition) is 7. The summed E-state index contributed by atoms with van der Waals surface area (Å²) in [5.74, 6) is 0.0390. The van der Waals surface area contributed by atoms with Crippen molar-refractivity contribution in [1.29, 1.82) is 0 Å². The standard InChI is InChI=1S/C12H12BrN5O3/c1-20-11-16-9(17-12(18-11)21-2)6-15-10(19)7-3-8(13)5-14-4-7/h3-5H,6H2,1-2H3,(H,15,19). The Balaban J connectivity index is 2.07. The number of carbonyl (C=O) groups is 1. The highest BCUT2D eigenvalue weighted by Gasteiger charge is 2.10. The molecular formula is C12H12BrN5O3. The Labute approximate surface area is 129 Å². The third-order valence-corrected chi connectivity index (χ3v) is 2.81. The fraction of sp³-hybridized carbons (Fsp3) is 0.250. The molecule has 0 spiro atoms. The normalized spacial score (nSPS) is 10.0. The summed E-state index contributed by atoms with van der Waals surface area (Å²) in [6.07, 6.45) is 3.06. The molecule has 9 heteroatoms. The predicted octanol–water partition coefficient (Wildman–Crippen LogP) is 0.976. The lowest BCUT2D eigenvalue weighted by atomic mass is 10.3. The van der Waals surface area contributed by atoms with Crippen LogP contribution in [0.15, 0.2) is 22.9 Å². The Hall–Kier alpha value is -2.29. The van der Waals surface area contributed by atoms with Gasteiger partial charge in [0.05, 0.1) is 26.3 Å². The highest BCUT2D eigenvalue weighted by Crippen LogP contribution is 2.10. The quantitative estimate of drug-likeness (QED) is 0.854. The van der Waals surface area contributed by atoms with Crippen LogP contribution in [0.5, 0.6) is 12.0 Å². The molecule has 0 aromatic carbocycles. The van der Waals surface area contributed by atoms with Crippen molar-refractivity contribution < 1.29 is 14.3 Å². The van der Waals surface area contributed by atoms with Gasteiger partial charge >= 0.3 is 12.0 Å². The highest BCUT2D eigenvalue weighted by molar-refractivity contribution is 9.10. The molecule has 0 saturated heterocycles. The zero-order chi connectivity index (χ0) is 15.2. The van der Waals surface area contributed by atoms with E-state index in [2.05, 4.69) is 41.2 Å². The summed E-state index contributed by atoms with van der Waals surface area (Å²) >= 11 is 3.26. The van der Waals surface area contributed by atoms with Gasteiger partial charge in [0.1, 0.15) is 0 Å². The summed E-state index contributed by atoms with van der Waals surface area (Å²) in [4.78, 5) is 27.8. The summed E-state index contributed by atoms with van der Waals surface area (Å²) in [7, 11) is 2.87. The van der Waals surface area contributed by atoms with E-state index >= 15 is 0 Å². The Morgan fingerprint density at radius 3 is 2.43 bits per heavy atom. The lowest BCUT2D eigenvalue weighted by molar-refractivity contribution is 0.0949. The van der Waals surface area contributed by atoms with Crippen molar-refractivity contribution in [3.8, 4) is 12.0 Å². The minimum atomic E-state index is -0.290. The second kappa shape index (κ2) is 6.93. The first kappa shape index (κ1) is 15.1. The van der Waals surface area contributed by atoms with Crippen molar-refractivity contribution >= 4 is 21.8 Å². The molecule has 2 aromatic heterocycles. The van der Waals surface area contributed by atoms with E-state index in [0.29, 0.717) is 11.4 Å². The van der Waals surface area contributed by atoms with Gasteiger partial charge in [0.15, 0.2) is 5.82 Å². The lowest BCUT2D eigenvalue weighted by Crippen LogP contribution is -2.24. The van der Waals surface area contributed by atoms with Crippen LogP contribution < -0.4 is 14.8 Å². The molecule has 0 unspecified atom stereocenters. The van der Waals surface area contributed by atoms with Gasteiger partial charge in [-0.2, -0.15) is 9.97 Å². The Kier molecular flexibility index (Phi) is 4.99. The molecule has 0 fully saturated rings. The van der Waals surface area contributed by atoms with Gasteiger partial charge < -0.3 is 14.8 Å². The van der Waals surface area contributed by atoms with Gasteiger partial charge in [-0.3, -0.25) is 9.78 Å². The summed E-state index contributed by atoms with van der Waals surface area (Å²) in [6.45, 7) is 0.112. The molecule has 0 bridgehead atoms. The molecule has 0 aliphatic rings. The third-order valence-electron chi connectivity index (χ3n) is 2.38. The van der Waals surface area contributed by atoms with E-state index in [4.69, 9.17) is 9.47 Å². The van der Waals surface area contributed by atoms with Crippen LogP contribution >= 0.6 is 15.9 Å². The van der Waals surface area contributed by atoms with Crippen LogP contribution in [0.1, 0.15) is 16.2 Å². The summed E-state index contributed by atoms with van der Waals surface area (Å²) in [6, 6.07) is 1.90. The molecule has 8 nitrogen and oxygen atoms in total. The monoisotopic (exact) mass is 353 g/mol. The summed E-state index contributed by atoms with van der Waals surface area (Å²) in [5, 5.41) is 2.68. The zero-order valence-electron chi connectivity index (χ0n) is 11.3. The van der Waals surface area contributed by atoms with Crippen molar-refractivity contribution in [2.75, 3.05) is 14.2 Å². The highest BCUT2D eigenvalue weighted by atomic mass is 79.9. The molecular weight excluding hydrogens is 342 g/mol. The van der Waals surface area contributed by atoms with E-state index in [-0.39, 0.29) is 24.5 Å². The molecule has 0 aliphatic heterocycles. The van der Waals surface area contributed by atoms with Gasteiger partial charge in [0, 0.05) is 16.9 Å². The smallest absolute Gasteiger partial charge is 0.322 e. The van der Waals surface area contributed by atoms with Crippen LogP contribution in [0.4, 0.5) is 0 Å². The molecule has 0 saturated carbocycles. The first-order chi connectivity index (χ1) is 10.1. The maximum Gasteiger partial charge on any atom is 0.322 e. The Morgan fingerprint density at radius 1 is 1.19 bits per heavy atom. The zero-order valence-corrected chi connectivity index (χ0v) is 12.9. The molecule has 1 amide bonds. The number of carbonyl (C=O) groups excluding carboxylic acids is 1.